The maximum absolute atomic E-state index is 5.43. The Kier molecular flexibility index (Phi) is 2.17. The highest BCUT2D eigenvalue weighted by molar-refractivity contribution is 5.75. The van der Waals surface area contributed by atoms with Gasteiger partial charge in [0.05, 0.1) is 19.3 Å². The highest BCUT2D eigenvalue weighted by atomic mass is 16.5. The van der Waals surface area contributed by atoms with Gasteiger partial charge in [-0.25, -0.2) is 4.99 Å². The van der Waals surface area contributed by atoms with Crippen LogP contribution in [0.25, 0.3) is 0 Å². The zero-order chi connectivity index (χ0) is 8.39. The van der Waals surface area contributed by atoms with Gasteiger partial charge in [-0.1, -0.05) is 0 Å². The first-order valence-corrected chi connectivity index (χ1v) is 4.39. The van der Waals surface area contributed by atoms with Gasteiger partial charge < -0.3 is 14.4 Å². The summed E-state index contributed by atoms with van der Waals surface area (Å²) in [6, 6.07) is 1.13. The second kappa shape index (κ2) is 3.31. The van der Waals surface area contributed by atoms with Gasteiger partial charge in [0, 0.05) is 13.1 Å². The zero-order valence-corrected chi connectivity index (χ0v) is 7.32. The summed E-state index contributed by atoms with van der Waals surface area (Å²) >= 11 is 0. The molecule has 12 heavy (non-hydrogen) atoms. The molecule has 4 nitrogen and oxygen atoms in total. The third-order valence-electron chi connectivity index (χ3n) is 2.07. The number of amidine groups is 1. The van der Waals surface area contributed by atoms with Crippen molar-refractivity contribution in [3.8, 4) is 0 Å². The summed E-state index contributed by atoms with van der Waals surface area (Å²) in [6.45, 7) is 6.19. The number of nitrogens with zero attached hydrogens (tertiary/aromatic N) is 2. The lowest BCUT2D eigenvalue weighted by molar-refractivity contribution is 0.0577. The minimum Gasteiger partial charge on any atom is -0.463 e. The highest BCUT2D eigenvalue weighted by Crippen LogP contribution is 2.08. The van der Waals surface area contributed by atoms with Crippen LogP contribution >= 0.6 is 0 Å². The summed E-state index contributed by atoms with van der Waals surface area (Å²) in [5, 5.41) is 0. The van der Waals surface area contributed by atoms with Crippen LogP contribution in [0.4, 0.5) is 0 Å². The van der Waals surface area contributed by atoms with Gasteiger partial charge in [-0.2, -0.15) is 0 Å². The Labute approximate surface area is 72.2 Å². The molecule has 0 amide bonds. The minimum absolute atomic E-state index is 0.322. The number of ether oxygens (including phenoxy) is 2. The van der Waals surface area contributed by atoms with Crippen molar-refractivity contribution in [2.45, 2.75) is 13.0 Å². The first kappa shape index (κ1) is 7.86. The molecule has 2 heterocycles. The largest absolute Gasteiger partial charge is 0.463 e. The SMILES string of the molecule is CC1COC(N2CCOCC2)=N1. The van der Waals surface area contributed by atoms with Crippen LogP contribution in [0.1, 0.15) is 6.92 Å². The first-order valence-electron chi connectivity index (χ1n) is 4.39. The molecule has 2 rings (SSSR count). The summed E-state index contributed by atoms with van der Waals surface area (Å²) < 4.78 is 10.7. The molecule has 0 aromatic heterocycles. The maximum Gasteiger partial charge on any atom is 0.287 e. The molecule has 1 unspecified atom stereocenters. The topological polar surface area (TPSA) is 34.1 Å². The van der Waals surface area contributed by atoms with E-state index in [2.05, 4.69) is 16.8 Å². The molecule has 1 atom stereocenters. The van der Waals surface area contributed by atoms with Crippen molar-refractivity contribution < 1.29 is 9.47 Å². The van der Waals surface area contributed by atoms with Gasteiger partial charge in [-0.15, -0.1) is 0 Å². The second-order valence-corrected chi connectivity index (χ2v) is 3.17. The van der Waals surface area contributed by atoms with Crippen LogP contribution in [0, 0.1) is 0 Å². The molecule has 1 fully saturated rings. The van der Waals surface area contributed by atoms with Gasteiger partial charge >= 0.3 is 0 Å². The number of rotatable bonds is 0. The van der Waals surface area contributed by atoms with Gasteiger partial charge in [0.25, 0.3) is 6.02 Å². The number of aliphatic imine (C=N–C) groups is 1. The quantitative estimate of drug-likeness (QED) is 0.517. The van der Waals surface area contributed by atoms with E-state index in [0.29, 0.717) is 6.04 Å². The average Bonchev–Trinajstić information content (AvgIpc) is 2.54. The fourth-order valence-corrected chi connectivity index (χ4v) is 1.39. The van der Waals surface area contributed by atoms with Crippen molar-refractivity contribution in [2.75, 3.05) is 32.9 Å². The molecule has 2 aliphatic heterocycles. The van der Waals surface area contributed by atoms with E-state index in [9.17, 15) is 0 Å². The van der Waals surface area contributed by atoms with Crippen LogP contribution in [-0.4, -0.2) is 49.9 Å². The molecule has 0 spiro atoms. The van der Waals surface area contributed by atoms with Gasteiger partial charge in [-0.3, -0.25) is 0 Å². The van der Waals surface area contributed by atoms with Crippen molar-refractivity contribution in [3.05, 3.63) is 0 Å². The Balaban J connectivity index is 1.94. The van der Waals surface area contributed by atoms with Gasteiger partial charge in [0.2, 0.25) is 0 Å². The summed E-state index contributed by atoms with van der Waals surface area (Å²) in [6.07, 6.45) is 0. The molecule has 0 aromatic carbocycles. The number of morpholine rings is 1. The van der Waals surface area contributed by atoms with Crippen molar-refractivity contribution in [1.29, 1.82) is 0 Å². The lowest BCUT2D eigenvalue weighted by atomic mass is 10.4. The lowest BCUT2D eigenvalue weighted by Crippen LogP contribution is -2.40. The van der Waals surface area contributed by atoms with Crippen LogP contribution in [0.15, 0.2) is 4.99 Å². The molecule has 0 aliphatic carbocycles. The van der Waals surface area contributed by atoms with E-state index in [0.717, 1.165) is 38.9 Å². The number of hydrogen-bond donors (Lipinski definition) is 0. The minimum atomic E-state index is 0.322. The summed E-state index contributed by atoms with van der Waals surface area (Å²) in [5.74, 6) is 0. The van der Waals surface area contributed by atoms with Crippen molar-refractivity contribution in [3.63, 3.8) is 0 Å². The van der Waals surface area contributed by atoms with E-state index in [1.165, 1.54) is 0 Å². The second-order valence-electron chi connectivity index (χ2n) is 3.17. The van der Waals surface area contributed by atoms with E-state index < -0.39 is 0 Å². The monoisotopic (exact) mass is 170 g/mol. The van der Waals surface area contributed by atoms with Gasteiger partial charge in [0.15, 0.2) is 0 Å². The predicted octanol–water partition coefficient (Wildman–Crippen LogP) is 0.0933. The Bertz CT molecular complexity index is 187. The third-order valence-corrected chi connectivity index (χ3v) is 2.07. The molecule has 1 saturated heterocycles. The van der Waals surface area contributed by atoms with E-state index in [-0.39, 0.29) is 0 Å². The fraction of sp³-hybridized carbons (Fsp3) is 0.875. The Hall–Kier alpha value is -0.770. The Morgan fingerprint density at radius 3 is 2.75 bits per heavy atom. The maximum atomic E-state index is 5.43. The molecular weight excluding hydrogens is 156 g/mol. The molecule has 0 aromatic rings. The molecular formula is C8H14N2O2. The normalized spacial score (nSPS) is 29.9. The van der Waals surface area contributed by atoms with E-state index >= 15 is 0 Å². The van der Waals surface area contributed by atoms with Crippen molar-refractivity contribution >= 4 is 6.02 Å². The summed E-state index contributed by atoms with van der Waals surface area (Å²) in [7, 11) is 0. The standard InChI is InChI=1S/C8H14N2O2/c1-7-6-12-8(9-7)10-2-4-11-5-3-10/h7H,2-6H2,1H3. The highest BCUT2D eigenvalue weighted by Gasteiger charge is 2.22. The van der Waals surface area contributed by atoms with Gasteiger partial charge in [-0.05, 0) is 6.92 Å². The van der Waals surface area contributed by atoms with E-state index in [4.69, 9.17) is 9.47 Å². The molecule has 0 radical (unpaired) electrons. The van der Waals surface area contributed by atoms with Gasteiger partial charge in [0.1, 0.15) is 6.61 Å². The molecule has 0 bridgehead atoms. The molecule has 2 aliphatic rings. The summed E-state index contributed by atoms with van der Waals surface area (Å²) in [4.78, 5) is 6.52. The Morgan fingerprint density at radius 1 is 1.42 bits per heavy atom. The number of hydrogen-bond acceptors (Lipinski definition) is 4. The molecule has 68 valence electrons. The van der Waals surface area contributed by atoms with Crippen LogP contribution in [-0.2, 0) is 9.47 Å². The first-order chi connectivity index (χ1) is 5.86. The summed E-state index contributed by atoms with van der Waals surface area (Å²) in [5.41, 5.74) is 0. The van der Waals surface area contributed by atoms with E-state index in [1.54, 1.807) is 0 Å². The third kappa shape index (κ3) is 1.53. The zero-order valence-electron chi connectivity index (χ0n) is 7.32. The molecule has 4 heteroatoms. The smallest absolute Gasteiger partial charge is 0.287 e. The van der Waals surface area contributed by atoms with Crippen molar-refractivity contribution in [2.24, 2.45) is 4.99 Å². The lowest BCUT2D eigenvalue weighted by Gasteiger charge is -2.26. The van der Waals surface area contributed by atoms with Crippen LogP contribution in [0.5, 0.6) is 0 Å². The Morgan fingerprint density at radius 2 is 2.17 bits per heavy atom. The van der Waals surface area contributed by atoms with Crippen LogP contribution < -0.4 is 0 Å². The molecule has 0 saturated carbocycles. The van der Waals surface area contributed by atoms with E-state index in [1.807, 2.05) is 0 Å². The predicted molar refractivity (Wildman–Crippen MR) is 45.2 cm³/mol. The van der Waals surface area contributed by atoms with Crippen molar-refractivity contribution in [1.82, 2.24) is 4.90 Å². The van der Waals surface area contributed by atoms with Crippen LogP contribution in [0.3, 0.4) is 0 Å². The fourth-order valence-electron chi connectivity index (χ4n) is 1.39. The van der Waals surface area contributed by atoms with Crippen LogP contribution in [0.2, 0.25) is 0 Å². The average molecular weight is 170 g/mol. The molecule has 0 N–H and O–H groups in total.